The van der Waals surface area contributed by atoms with Gasteiger partial charge >= 0.3 is 6.03 Å². The molecular weight excluding hydrogens is 164 g/mol. The Morgan fingerprint density at radius 2 is 2.08 bits per heavy atom. The summed E-state index contributed by atoms with van der Waals surface area (Å²) < 4.78 is 0. The minimum Gasteiger partial charge on any atom is -0.325 e. The van der Waals surface area contributed by atoms with Crippen molar-refractivity contribution < 1.29 is 4.79 Å². The van der Waals surface area contributed by atoms with E-state index in [1.54, 1.807) is 0 Å². The minimum atomic E-state index is 0.217. The molecule has 1 atom stereocenters. The highest BCUT2D eigenvalue weighted by atomic mass is 16.2. The van der Waals surface area contributed by atoms with Crippen molar-refractivity contribution >= 4 is 6.03 Å². The number of urea groups is 1. The molecule has 0 aromatic rings. The van der Waals surface area contributed by atoms with Crippen LogP contribution in [-0.4, -0.2) is 42.0 Å². The average Bonchev–Trinajstić information content (AvgIpc) is 2.54. The van der Waals surface area contributed by atoms with Gasteiger partial charge in [0.05, 0.1) is 0 Å². The zero-order chi connectivity index (χ0) is 9.84. The van der Waals surface area contributed by atoms with Crippen molar-refractivity contribution in [3.8, 4) is 0 Å². The van der Waals surface area contributed by atoms with E-state index >= 15 is 0 Å². The van der Waals surface area contributed by atoms with Crippen molar-refractivity contribution in [3.63, 3.8) is 0 Å². The zero-order valence-electron chi connectivity index (χ0n) is 8.92. The van der Waals surface area contributed by atoms with Crippen molar-refractivity contribution in [1.82, 2.24) is 9.80 Å². The molecule has 3 heteroatoms. The molecule has 1 aliphatic heterocycles. The third-order valence-electron chi connectivity index (χ3n) is 2.73. The molecule has 1 heterocycles. The average molecular weight is 184 g/mol. The molecular formula is C10H20N2O. The van der Waals surface area contributed by atoms with Gasteiger partial charge in [0.15, 0.2) is 0 Å². The molecule has 13 heavy (non-hydrogen) atoms. The summed E-state index contributed by atoms with van der Waals surface area (Å²) in [4.78, 5) is 15.7. The Kier molecular flexibility index (Phi) is 3.58. The number of likely N-dealkylation sites (tertiary alicyclic amines) is 1. The van der Waals surface area contributed by atoms with E-state index in [-0.39, 0.29) is 6.03 Å². The highest BCUT2D eigenvalue weighted by Gasteiger charge is 2.25. The van der Waals surface area contributed by atoms with Gasteiger partial charge in [0.2, 0.25) is 0 Å². The van der Waals surface area contributed by atoms with E-state index in [0.717, 1.165) is 32.6 Å². The van der Waals surface area contributed by atoms with E-state index in [2.05, 4.69) is 6.92 Å². The van der Waals surface area contributed by atoms with Gasteiger partial charge in [-0.2, -0.15) is 0 Å². The molecule has 0 N–H and O–H groups in total. The fraction of sp³-hybridized carbons (Fsp3) is 0.900. The Labute approximate surface area is 80.7 Å². The number of hydrogen-bond donors (Lipinski definition) is 0. The smallest absolute Gasteiger partial charge is 0.319 e. The Morgan fingerprint density at radius 1 is 1.46 bits per heavy atom. The first-order valence-corrected chi connectivity index (χ1v) is 5.22. The minimum absolute atomic E-state index is 0.217. The molecule has 0 spiro atoms. The standard InChI is InChI=1S/C10H20N2O/c1-4-11(5-2)10(13)12-7-6-9(3)8-12/h9H,4-8H2,1-3H3. The summed E-state index contributed by atoms with van der Waals surface area (Å²) in [5.41, 5.74) is 0. The summed E-state index contributed by atoms with van der Waals surface area (Å²) in [7, 11) is 0. The van der Waals surface area contributed by atoms with E-state index in [4.69, 9.17) is 0 Å². The summed E-state index contributed by atoms with van der Waals surface area (Å²) in [5, 5.41) is 0. The van der Waals surface area contributed by atoms with Crippen molar-refractivity contribution in [1.29, 1.82) is 0 Å². The molecule has 1 fully saturated rings. The molecule has 0 aliphatic carbocycles. The second-order valence-electron chi connectivity index (χ2n) is 3.79. The Bertz CT molecular complexity index is 178. The van der Waals surface area contributed by atoms with E-state index in [0.29, 0.717) is 5.92 Å². The van der Waals surface area contributed by atoms with Gasteiger partial charge in [0.1, 0.15) is 0 Å². The van der Waals surface area contributed by atoms with Gasteiger partial charge in [-0.05, 0) is 26.2 Å². The van der Waals surface area contributed by atoms with Crippen molar-refractivity contribution in [2.45, 2.75) is 27.2 Å². The summed E-state index contributed by atoms with van der Waals surface area (Å²) in [6.45, 7) is 9.78. The summed E-state index contributed by atoms with van der Waals surface area (Å²) in [6, 6.07) is 0.217. The number of hydrogen-bond acceptors (Lipinski definition) is 1. The maximum atomic E-state index is 11.8. The van der Waals surface area contributed by atoms with Crippen LogP contribution < -0.4 is 0 Å². The molecule has 76 valence electrons. The maximum Gasteiger partial charge on any atom is 0.319 e. The molecule has 1 saturated heterocycles. The van der Waals surface area contributed by atoms with Gasteiger partial charge in [-0.3, -0.25) is 0 Å². The first kappa shape index (κ1) is 10.4. The molecule has 1 aliphatic rings. The van der Waals surface area contributed by atoms with Crippen LogP contribution in [0.1, 0.15) is 27.2 Å². The molecule has 0 aromatic carbocycles. The second-order valence-corrected chi connectivity index (χ2v) is 3.79. The van der Waals surface area contributed by atoms with E-state index in [1.807, 2.05) is 23.6 Å². The number of carbonyl (C=O) groups excluding carboxylic acids is 1. The van der Waals surface area contributed by atoms with Crippen LogP contribution in [0.2, 0.25) is 0 Å². The van der Waals surface area contributed by atoms with Gasteiger partial charge in [-0.1, -0.05) is 6.92 Å². The molecule has 0 aromatic heterocycles. The van der Waals surface area contributed by atoms with Crippen LogP contribution in [0.5, 0.6) is 0 Å². The predicted octanol–water partition coefficient (Wildman–Crippen LogP) is 1.79. The van der Waals surface area contributed by atoms with Gasteiger partial charge < -0.3 is 9.80 Å². The molecule has 3 nitrogen and oxygen atoms in total. The van der Waals surface area contributed by atoms with Crippen molar-refractivity contribution in [2.24, 2.45) is 5.92 Å². The van der Waals surface area contributed by atoms with Crippen molar-refractivity contribution in [3.05, 3.63) is 0 Å². The fourth-order valence-corrected chi connectivity index (χ4v) is 1.80. The molecule has 0 bridgehead atoms. The largest absolute Gasteiger partial charge is 0.325 e. The zero-order valence-corrected chi connectivity index (χ0v) is 8.92. The molecule has 1 unspecified atom stereocenters. The normalized spacial score (nSPS) is 22.1. The van der Waals surface area contributed by atoms with E-state index < -0.39 is 0 Å². The van der Waals surface area contributed by atoms with Crippen LogP contribution in [0.3, 0.4) is 0 Å². The van der Waals surface area contributed by atoms with Crippen LogP contribution in [0.25, 0.3) is 0 Å². The molecule has 2 amide bonds. The van der Waals surface area contributed by atoms with Crippen LogP contribution in [-0.2, 0) is 0 Å². The van der Waals surface area contributed by atoms with Crippen LogP contribution in [0.4, 0.5) is 4.79 Å². The summed E-state index contributed by atoms with van der Waals surface area (Å²) in [6.07, 6.45) is 1.16. The number of nitrogens with zero attached hydrogens (tertiary/aromatic N) is 2. The van der Waals surface area contributed by atoms with Gasteiger partial charge in [-0.25, -0.2) is 4.79 Å². The van der Waals surface area contributed by atoms with Crippen LogP contribution in [0.15, 0.2) is 0 Å². The summed E-state index contributed by atoms with van der Waals surface area (Å²) >= 11 is 0. The topological polar surface area (TPSA) is 23.6 Å². The molecule has 0 saturated carbocycles. The lowest BCUT2D eigenvalue weighted by Gasteiger charge is -2.25. The lowest BCUT2D eigenvalue weighted by Crippen LogP contribution is -2.41. The highest BCUT2D eigenvalue weighted by Crippen LogP contribution is 2.16. The SMILES string of the molecule is CCN(CC)C(=O)N1CCC(C)C1. The van der Waals surface area contributed by atoms with Gasteiger partial charge in [-0.15, -0.1) is 0 Å². The first-order chi connectivity index (χ1) is 6.19. The first-order valence-electron chi connectivity index (χ1n) is 5.22. The van der Waals surface area contributed by atoms with Crippen LogP contribution >= 0.6 is 0 Å². The lowest BCUT2D eigenvalue weighted by molar-refractivity contribution is 0.166. The number of rotatable bonds is 2. The predicted molar refractivity (Wildman–Crippen MR) is 53.7 cm³/mol. The van der Waals surface area contributed by atoms with Crippen molar-refractivity contribution in [2.75, 3.05) is 26.2 Å². The Hall–Kier alpha value is -0.730. The third-order valence-corrected chi connectivity index (χ3v) is 2.73. The highest BCUT2D eigenvalue weighted by molar-refractivity contribution is 5.74. The second kappa shape index (κ2) is 4.49. The van der Waals surface area contributed by atoms with E-state index in [9.17, 15) is 4.79 Å². The number of amides is 2. The molecule has 1 rings (SSSR count). The van der Waals surface area contributed by atoms with Crippen LogP contribution in [0, 0.1) is 5.92 Å². The lowest BCUT2D eigenvalue weighted by atomic mass is 10.2. The Morgan fingerprint density at radius 3 is 2.46 bits per heavy atom. The third kappa shape index (κ3) is 2.36. The summed E-state index contributed by atoms with van der Waals surface area (Å²) in [5.74, 6) is 0.680. The fourth-order valence-electron chi connectivity index (χ4n) is 1.80. The quantitative estimate of drug-likeness (QED) is 0.642. The molecule has 0 radical (unpaired) electrons. The Balaban J connectivity index is 2.47. The van der Waals surface area contributed by atoms with Gasteiger partial charge in [0, 0.05) is 26.2 Å². The van der Waals surface area contributed by atoms with Gasteiger partial charge in [0.25, 0.3) is 0 Å². The maximum absolute atomic E-state index is 11.8. The monoisotopic (exact) mass is 184 g/mol. The van der Waals surface area contributed by atoms with E-state index in [1.165, 1.54) is 0 Å². The number of carbonyl (C=O) groups is 1.